The first-order valence-corrected chi connectivity index (χ1v) is 9.80. The topological polar surface area (TPSA) is 68.3 Å². The Morgan fingerprint density at radius 2 is 1.93 bits per heavy atom. The van der Waals surface area contributed by atoms with Crippen molar-refractivity contribution in [1.82, 2.24) is 4.98 Å². The molecule has 1 saturated carbocycles. The summed E-state index contributed by atoms with van der Waals surface area (Å²) in [6, 6.07) is 13.8. The molecule has 1 atom stereocenters. The summed E-state index contributed by atoms with van der Waals surface area (Å²) in [5.41, 5.74) is 3.87. The predicted molar refractivity (Wildman–Crippen MR) is 107 cm³/mol. The highest BCUT2D eigenvalue weighted by atomic mass is 32.1. The largest absolute Gasteiger partial charge is 0.452 e. The van der Waals surface area contributed by atoms with E-state index in [2.05, 4.69) is 29.4 Å². The number of aromatic nitrogens is 1. The average molecular weight is 380 g/mol. The third-order valence-corrected chi connectivity index (χ3v) is 5.58. The van der Waals surface area contributed by atoms with Gasteiger partial charge < -0.3 is 10.1 Å². The van der Waals surface area contributed by atoms with Gasteiger partial charge >= 0.3 is 5.97 Å². The number of carbonyl (C=O) groups is 2. The van der Waals surface area contributed by atoms with Gasteiger partial charge in [-0.05, 0) is 68.7 Å². The molecule has 2 aromatic carbocycles. The smallest absolute Gasteiger partial charge is 0.309 e. The Kier molecular flexibility index (Phi) is 4.66. The lowest BCUT2D eigenvalue weighted by Gasteiger charge is -2.13. The molecule has 1 fully saturated rings. The molecule has 1 heterocycles. The number of ether oxygens (including phenoxy) is 1. The van der Waals surface area contributed by atoms with Crippen LogP contribution in [0, 0.1) is 12.8 Å². The predicted octanol–water partition coefficient (Wildman–Crippen LogP) is 4.55. The fourth-order valence-corrected chi connectivity index (χ4v) is 3.81. The highest BCUT2D eigenvalue weighted by Crippen LogP contribution is 2.32. The molecule has 0 unspecified atom stereocenters. The Hall–Kier alpha value is -2.73. The summed E-state index contributed by atoms with van der Waals surface area (Å²) in [5, 5.41) is 3.73. The number of carbonyl (C=O) groups excluding carboxylic acids is 2. The molecule has 1 N–H and O–H groups in total. The van der Waals surface area contributed by atoms with Crippen molar-refractivity contribution in [2.45, 2.75) is 32.8 Å². The van der Waals surface area contributed by atoms with Crippen LogP contribution in [0.1, 0.15) is 25.3 Å². The fourth-order valence-electron chi connectivity index (χ4n) is 2.74. The molecule has 0 aliphatic heterocycles. The maximum absolute atomic E-state index is 12.2. The SMILES string of the molecule is Cc1ccc2nc(-c3ccc(NC(=O)[C@H](C)OC(=O)C4CC4)cc3)sc2c1. The molecule has 1 aromatic heterocycles. The molecule has 6 heteroatoms. The molecule has 27 heavy (non-hydrogen) atoms. The van der Waals surface area contributed by atoms with Crippen molar-refractivity contribution in [2.24, 2.45) is 5.92 Å². The number of thiazole rings is 1. The van der Waals surface area contributed by atoms with Crippen molar-refractivity contribution < 1.29 is 14.3 Å². The molecule has 1 aliphatic rings. The monoisotopic (exact) mass is 380 g/mol. The minimum absolute atomic E-state index is 0.0165. The van der Waals surface area contributed by atoms with Crippen molar-refractivity contribution in [2.75, 3.05) is 5.32 Å². The zero-order valence-corrected chi connectivity index (χ0v) is 16.0. The molecule has 0 bridgehead atoms. The van der Waals surface area contributed by atoms with E-state index in [1.165, 1.54) is 5.56 Å². The van der Waals surface area contributed by atoms with Gasteiger partial charge in [-0.1, -0.05) is 6.07 Å². The lowest BCUT2D eigenvalue weighted by atomic mass is 10.2. The van der Waals surface area contributed by atoms with Gasteiger partial charge in [-0.15, -0.1) is 11.3 Å². The standard InChI is InChI=1S/C21H20N2O3S/c1-12-3-10-17-18(11-12)27-20(23-17)14-6-8-16(9-7-14)22-19(24)13(2)26-21(25)15-4-5-15/h3,6-11,13,15H,4-5H2,1-2H3,(H,22,24)/t13-/m0/s1. The van der Waals surface area contributed by atoms with E-state index in [-0.39, 0.29) is 17.8 Å². The number of benzene rings is 2. The van der Waals surface area contributed by atoms with Crippen LogP contribution in [0.25, 0.3) is 20.8 Å². The van der Waals surface area contributed by atoms with Crippen LogP contribution in [-0.4, -0.2) is 23.0 Å². The lowest BCUT2D eigenvalue weighted by molar-refractivity contribution is -0.154. The molecular formula is C21H20N2O3S. The molecule has 4 rings (SSSR count). The Morgan fingerprint density at radius 3 is 2.63 bits per heavy atom. The quantitative estimate of drug-likeness (QED) is 0.659. The first-order valence-electron chi connectivity index (χ1n) is 8.98. The normalized spacial score (nSPS) is 14.7. The zero-order chi connectivity index (χ0) is 19.0. The number of nitrogens with zero attached hydrogens (tertiary/aromatic N) is 1. The zero-order valence-electron chi connectivity index (χ0n) is 15.2. The number of rotatable bonds is 5. The first kappa shape index (κ1) is 17.7. The summed E-state index contributed by atoms with van der Waals surface area (Å²) in [4.78, 5) is 28.5. The van der Waals surface area contributed by atoms with Crippen LogP contribution in [0.5, 0.6) is 0 Å². The van der Waals surface area contributed by atoms with Crippen LogP contribution in [0.3, 0.4) is 0 Å². The maximum atomic E-state index is 12.2. The van der Waals surface area contributed by atoms with Crippen molar-refractivity contribution in [3.63, 3.8) is 0 Å². The lowest BCUT2D eigenvalue weighted by Crippen LogP contribution is -2.30. The van der Waals surface area contributed by atoms with Crippen molar-refractivity contribution in [3.8, 4) is 10.6 Å². The van der Waals surface area contributed by atoms with E-state index in [4.69, 9.17) is 4.74 Å². The number of hydrogen-bond acceptors (Lipinski definition) is 5. The Bertz CT molecular complexity index is 1010. The van der Waals surface area contributed by atoms with E-state index < -0.39 is 6.10 Å². The van der Waals surface area contributed by atoms with E-state index in [1.807, 2.05) is 30.3 Å². The second kappa shape index (κ2) is 7.12. The van der Waals surface area contributed by atoms with Gasteiger partial charge in [0.2, 0.25) is 0 Å². The minimum Gasteiger partial charge on any atom is -0.452 e. The number of amides is 1. The number of hydrogen-bond donors (Lipinski definition) is 1. The number of fused-ring (bicyclic) bond motifs is 1. The second-order valence-electron chi connectivity index (χ2n) is 6.91. The Morgan fingerprint density at radius 1 is 1.19 bits per heavy atom. The molecule has 0 spiro atoms. The fraction of sp³-hybridized carbons (Fsp3) is 0.286. The van der Waals surface area contributed by atoms with Gasteiger partial charge in [0.15, 0.2) is 6.10 Å². The van der Waals surface area contributed by atoms with Crippen molar-refractivity contribution in [3.05, 3.63) is 48.0 Å². The minimum atomic E-state index is -0.801. The van der Waals surface area contributed by atoms with Gasteiger partial charge in [0.1, 0.15) is 5.01 Å². The van der Waals surface area contributed by atoms with E-state index in [9.17, 15) is 9.59 Å². The van der Waals surface area contributed by atoms with Crippen LogP contribution in [0.2, 0.25) is 0 Å². The summed E-state index contributed by atoms with van der Waals surface area (Å²) in [7, 11) is 0. The number of aryl methyl sites for hydroxylation is 1. The summed E-state index contributed by atoms with van der Waals surface area (Å²) in [5.74, 6) is -0.622. The van der Waals surface area contributed by atoms with Crippen molar-refractivity contribution >= 4 is 39.1 Å². The van der Waals surface area contributed by atoms with Gasteiger partial charge in [0.05, 0.1) is 16.1 Å². The van der Waals surface area contributed by atoms with E-state index in [0.29, 0.717) is 5.69 Å². The van der Waals surface area contributed by atoms with E-state index in [0.717, 1.165) is 33.6 Å². The third-order valence-electron chi connectivity index (χ3n) is 4.52. The molecule has 0 radical (unpaired) electrons. The number of anilines is 1. The summed E-state index contributed by atoms with van der Waals surface area (Å²) < 4.78 is 6.35. The molecule has 0 saturated heterocycles. The van der Waals surface area contributed by atoms with Gasteiger partial charge in [-0.25, -0.2) is 4.98 Å². The summed E-state index contributed by atoms with van der Waals surface area (Å²) >= 11 is 1.65. The van der Waals surface area contributed by atoms with Crippen LogP contribution in [0.15, 0.2) is 42.5 Å². The highest BCUT2D eigenvalue weighted by Gasteiger charge is 2.33. The van der Waals surface area contributed by atoms with E-state index >= 15 is 0 Å². The van der Waals surface area contributed by atoms with Crippen LogP contribution < -0.4 is 5.32 Å². The third kappa shape index (κ3) is 4.01. The second-order valence-corrected chi connectivity index (χ2v) is 7.94. The molecule has 1 aliphatic carbocycles. The summed E-state index contributed by atoms with van der Waals surface area (Å²) in [6.45, 7) is 3.66. The Balaban J connectivity index is 1.43. The van der Waals surface area contributed by atoms with Crippen LogP contribution in [-0.2, 0) is 14.3 Å². The highest BCUT2D eigenvalue weighted by molar-refractivity contribution is 7.21. The number of esters is 1. The Labute approximate surface area is 161 Å². The van der Waals surface area contributed by atoms with Gasteiger partial charge in [-0.3, -0.25) is 9.59 Å². The molecule has 1 amide bonds. The van der Waals surface area contributed by atoms with Gasteiger partial charge in [-0.2, -0.15) is 0 Å². The van der Waals surface area contributed by atoms with Gasteiger partial charge in [0, 0.05) is 11.3 Å². The maximum Gasteiger partial charge on any atom is 0.309 e. The first-order chi connectivity index (χ1) is 13.0. The molecule has 138 valence electrons. The van der Waals surface area contributed by atoms with Crippen molar-refractivity contribution in [1.29, 1.82) is 0 Å². The van der Waals surface area contributed by atoms with E-state index in [1.54, 1.807) is 18.3 Å². The average Bonchev–Trinajstić information content (AvgIpc) is 3.42. The molecular weight excluding hydrogens is 360 g/mol. The van der Waals surface area contributed by atoms with Crippen LogP contribution >= 0.6 is 11.3 Å². The summed E-state index contributed by atoms with van der Waals surface area (Å²) in [6.07, 6.45) is 0.921. The van der Waals surface area contributed by atoms with Gasteiger partial charge in [0.25, 0.3) is 5.91 Å². The van der Waals surface area contributed by atoms with Crippen LogP contribution in [0.4, 0.5) is 5.69 Å². The number of nitrogens with one attached hydrogen (secondary N) is 1. The molecule has 3 aromatic rings. The molecule has 5 nitrogen and oxygen atoms in total.